The van der Waals surface area contributed by atoms with Crippen molar-refractivity contribution in [2.75, 3.05) is 31.3 Å². The molecule has 1 atom stereocenters. The Bertz CT molecular complexity index is 80.8. The first-order valence-corrected chi connectivity index (χ1v) is 4.98. The van der Waals surface area contributed by atoms with Crippen LogP contribution in [0.5, 0.6) is 0 Å². The van der Waals surface area contributed by atoms with E-state index in [0.717, 1.165) is 11.5 Å². The first-order valence-electron chi connectivity index (χ1n) is 3.72. The largest absolute Gasteiger partial charge is 0.378 e. The second-order valence-corrected chi connectivity index (χ2v) is 3.10. The van der Waals surface area contributed by atoms with Crippen molar-refractivity contribution in [3.63, 3.8) is 0 Å². The molecule has 0 amide bonds. The summed E-state index contributed by atoms with van der Waals surface area (Å²) in [6.07, 6.45) is 0.169. The molecule has 4 heteroatoms. The molecule has 0 radical (unpaired) electrons. The molecule has 2 nitrogen and oxygen atoms in total. The van der Waals surface area contributed by atoms with Gasteiger partial charge in [0.1, 0.15) is 0 Å². The van der Waals surface area contributed by atoms with Gasteiger partial charge in [0.05, 0.1) is 25.9 Å². The Kier molecular flexibility index (Phi) is 9.21. The van der Waals surface area contributed by atoms with E-state index in [9.17, 15) is 0 Å². The minimum Gasteiger partial charge on any atom is -0.378 e. The molecule has 0 aliphatic rings. The molecule has 0 aromatic carbocycles. The van der Waals surface area contributed by atoms with Crippen molar-refractivity contribution >= 4 is 25.3 Å². The van der Waals surface area contributed by atoms with Crippen LogP contribution in [0.3, 0.4) is 0 Å². The Morgan fingerprint density at radius 1 is 1.18 bits per heavy atom. The van der Waals surface area contributed by atoms with Crippen molar-refractivity contribution in [1.29, 1.82) is 0 Å². The first-order chi connectivity index (χ1) is 5.31. The fraction of sp³-hybridized carbons (Fsp3) is 1.00. The summed E-state index contributed by atoms with van der Waals surface area (Å²) >= 11 is 8.04. The van der Waals surface area contributed by atoms with Gasteiger partial charge in [-0.15, -0.1) is 0 Å². The highest BCUT2D eigenvalue weighted by atomic mass is 32.1. The van der Waals surface area contributed by atoms with E-state index in [2.05, 4.69) is 25.3 Å². The van der Waals surface area contributed by atoms with Crippen LogP contribution in [0.4, 0.5) is 0 Å². The number of ether oxygens (including phenoxy) is 2. The van der Waals surface area contributed by atoms with Gasteiger partial charge in [0.2, 0.25) is 0 Å². The molecule has 0 spiro atoms. The zero-order valence-corrected chi connectivity index (χ0v) is 8.61. The summed E-state index contributed by atoms with van der Waals surface area (Å²) in [5.74, 6) is 1.52. The summed E-state index contributed by atoms with van der Waals surface area (Å²) < 4.78 is 10.5. The van der Waals surface area contributed by atoms with Gasteiger partial charge in [0.25, 0.3) is 0 Å². The molecule has 68 valence electrons. The van der Waals surface area contributed by atoms with E-state index >= 15 is 0 Å². The smallest absolute Gasteiger partial charge is 0.0780 e. The van der Waals surface area contributed by atoms with Crippen LogP contribution in [0.2, 0.25) is 0 Å². The van der Waals surface area contributed by atoms with Crippen molar-refractivity contribution in [2.45, 2.75) is 13.0 Å². The van der Waals surface area contributed by atoms with Gasteiger partial charge in [-0.1, -0.05) is 0 Å². The van der Waals surface area contributed by atoms with E-state index < -0.39 is 0 Å². The maximum atomic E-state index is 5.31. The van der Waals surface area contributed by atoms with E-state index in [1.807, 2.05) is 6.92 Å². The van der Waals surface area contributed by atoms with Crippen LogP contribution >= 0.6 is 25.3 Å². The van der Waals surface area contributed by atoms with Crippen molar-refractivity contribution in [3.8, 4) is 0 Å². The minimum atomic E-state index is 0.169. The fourth-order valence-electron chi connectivity index (χ4n) is 0.616. The summed E-state index contributed by atoms with van der Waals surface area (Å²) in [6, 6.07) is 0. The van der Waals surface area contributed by atoms with Crippen LogP contribution in [0.15, 0.2) is 0 Å². The SMILES string of the molecule is CC(COCCS)OCCS. The van der Waals surface area contributed by atoms with E-state index in [1.165, 1.54) is 0 Å². The zero-order chi connectivity index (χ0) is 8.53. The van der Waals surface area contributed by atoms with Gasteiger partial charge in [-0.2, -0.15) is 25.3 Å². The number of hydrogen-bond donors (Lipinski definition) is 2. The molecule has 0 N–H and O–H groups in total. The van der Waals surface area contributed by atoms with Crippen molar-refractivity contribution < 1.29 is 9.47 Å². The Morgan fingerprint density at radius 3 is 2.36 bits per heavy atom. The summed E-state index contributed by atoms with van der Waals surface area (Å²) in [5.41, 5.74) is 0. The second-order valence-electron chi connectivity index (χ2n) is 2.20. The predicted molar refractivity (Wildman–Crippen MR) is 53.9 cm³/mol. The lowest BCUT2D eigenvalue weighted by atomic mass is 10.4. The standard InChI is InChI=1S/C7H16O2S2/c1-7(9-3-5-11)6-8-2-4-10/h7,10-11H,2-6H2,1H3. The van der Waals surface area contributed by atoms with Gasteiger partial charge in [-0.05, 0) is 6.92 Å². The maximum absolute atomic E-state index is 5.31. The van der Waals surface area contributed by atoms with E-state index in [-0.39, 0.29) is 6.10 Å². The molecule has 1 unspecified atom stereocenters. The molecule has 0 aliphatic heterocycles. The van der Waals surface area contributed by atoms with Crippen molar-refractivity contribution in [3.05, 3.63) is 0 Å². The lowest BCUT2D eigenvalue weighted by molar-refractivity contribution is 0.00408. The van der Waals surface area contributed by atoms with Crippen LogP contribution < -0.4 is 0 Å². The third-order valence-electron chi connectivity index (χ3n) is 1.08. The third-order valence-corrected chi connectivity index (χ3v) is 1.45. The highest BCUT2D eigenvalue weighted by molar-refractivity contribution is 7.80. The van der Waals surface area contributed by atoms with E-state index in [0.29, 0.717) is 19.8 Å². The average molecular weight is 196 g/mol. The maximum Gasteiger partial charge on any atom is 0.0780 e. The summed E-state index contributed by atoms with van der Waals surface area (Å²) in [7, 11) is 0. The molecule has 0 heterocycles. The Balaban J connectivity index is 3.02. The van der Waals surface area contributed by atoms with Gasteiger partial charge in [0, 0.05) is 11.5 Å². The molecular weight excluding hydrogens is 180 g/mol. The topological polar surface area (TPSA) is 18.5 Å². The van der Waals surface area contributed by atoms with Gasteiger partial charge in [0.15, 0.2) is 0 Å². The molecule has 0 rings (SSSR count). The normalized spacial score (nSPS) is 13.4. The molecular formula is C7H16O2S2. The Hall–Kier alpha value is 0.620. The summed E-state index contributed by atoms with van der Waals surface area (Å²) in [4.78, 5) is 0. The fourth-order valence-corrected chi connectivity index (χ4v) is 0.850. The summed E-state index contributed by atoms with van der Waals surface area (Å²) in [5, 5.41) is 0. The third kappa shape index (κ3) is 8.53. The quantitative estimate of drug-likeness (QED) is 0.472. The zero-order valence-electron chi connectivity index (χ0n) is 6.82. The van der Waals surface area contributed by atoms with E-state index in [1.54, 1.807) is 0 Å². The second kappa shape index (κ2) is 8.71. The Morgan fingerprint density at radius 2 is 1.82 bits per heavy atom. The van der Waals surface area contributed by atoms with Crippen molar-refractivity contribution in [2.24, 2.45) is 0 Å². The predicted octanol–water partition coefficient (Wildman–Crippen LogP) is 1.27. The Labute approximate surface area is 79.5 Å². The molecule has 0 fully saturated rings. The molecule has 0 aromatic rings. The molecule has 0 saturated carbocycles. The van der Waals surface area contributed by atoms with Crippen molar-refractivity contribution in [1.82, 2.24) is 0 Å². The molecule has 0 aliphatic carbocycles. The van der Waals surface area contributed by atoms with Crippen LogP contribution in [-0.2, 0) is 9.47 Å². The molecule has 11 heavy (non-hydrogen) atoms. The van der Waals surface area contributed by atoms with Crippen LogP contribution in [0, 0.1) is 0 Å². The number of thiol groups is 2. The molecule has 0 bridgehead atoms. The number of rotatable bonds is 7. The highest BCUT2D eigenvalue weighted by Gasteiger charge is 1.99. The molecule has 0 aromatic heterocycles. The monoisotopic (exact) mass is 196 g/mol. The highest BCUT2D eigenvalue weighted by Crippen LogP contribution is 1.92. The van der Waals surface area contributed by atoms with Gasteiger partial charge >= 0.3 is 0 Å². The van der Waals surface area contributed by atoms with E-state index in [4.69, 9.17) is 9.47 Å². The molecule has 0 saturated heterocycles. The van der Waals surface area contributed by atoms with Crippen LogP contribution in [0.1, 0.15) is 6.92 Å². The van der Waals surface area contributed by atoms with Gasteiger partial charge in [-0.25, -0.2) is 0 Å². The van der Waals surface area contributed by atoms with Crippen LogP contribution in [-0.4, -0.2) is 37.4 Å². The first kappa shape index (κ1) is 11.6. The van der Waals surface area contributed by atoms with Gasteiger partial charge < -0.3 is 9.47 Å². The van der Waals surface area contributed by atoms with Gasteiger partial charge in [-0.3, -0.25) is 0 Å². The minimum absolute atomic E-state index is 0.169. The summed E-state index contributed by atoms with van der Waals surface area (Å²) in [6.45, 7) is 4.02. The van der Waals surface area contributed by atoms with Crippen LogP contribution in [0.25, 0.3) is 0 Å². The number of hydrogen-bond acceptors (Lipinski definition) is 4. The average Bonchev–Trinajstić information content (AvgIpc) is 2.01. The lowest BCUT2D eigenvalue weighted by Gasteiger charge is -2.11. The lowest BCUT2D eigenvalue weighted by Crippen LogP contribution is -2.17.